The molecule has 0 radical (unpaired) electrons. The maximum Gasteiger partial charge on any atom is 0.0733 e. The Bertz CT molecular complexity index is 289. The van der Waals surface area contributed by atoms with Gasteiger partial charge in [-0.1, -0.05) is 18.2 Å². The molecule has 0 saturated heterocycles. The summed E-state index contributed by atoms with van der Waals surface area (Å²) in [5, 5.41) is 3.34. The van der Waals surface area contributed by atoms with Gasteiger partial charge < -0.3 is 14.8 Å². The number of benzene rings is 1. The molecule has 1 atom stereocenters. The molecule has 1 N–H and O–H groups in total. The van der Waals surface area contributed by atoms with Gasteiger partial charge >= 0.3 is 0 Å². The fourth-order valence-electron chi connectivity index (χ4n) is 1.31. The van der Waals surface area contributed by atoms with Crippen LogP contribution in [0.1, 0.15) is 12.5 Å². The SMILES string of the molecule is COCc1ccccc1NCC(C)OC. The molecular formula is C12H19NO2. The van der Waals surface area contributed by atoms with Crippen molar-refractivity contribution in [3.63, 3.8) is 0 Å². The van der Waals surface area contributed by atoms with Crippen LogP contribution in [0.4, 0.5) is 5.69 Å². The number of rotatable bonds is 6. The smallest absolute Gasteiger partial charge is 0.0733 e. The van der Waals surface area contributed by atoms with Crippen LogP contribution in [-0.4, -0.2) is 26.9 Å². The monoisotopic (exact) mass is 209 g/mol. The molecule has 0 aliphatic heterocycles. The molecule has 0 spiro atoms. The Balaban J connectivity index is 2.58. The van der Waals surface area contributed by atoms with Crippen LogP contribution in [0.5, 0.6) is 0 Å². The van der Waals surface area contributed by atoms with Gasteiger partial charge in [-0.05, 0) is 13.0 Å². The standard InChI is InChI=1S/C12H19NO2/c1-10(15-3)8-13-12-7-5-4-6-11(12)9-14-2/h4-7,10,13H,8-9H2,1-3H3. The van der Waals surface area contributed by atoms with E-state index < -0.39 is 0 Å². The van der Waals surface area contributed by atoms with Gasteiger partial charge in [0.15, 0.2) is 0 Å². The van der Waals surface area contributed by atoms with Crippen molar-refractivity contribution in [2.45, 2.75) is 19.6 Å². The van der Waals surface area contributed by atoms with Gasteiger partial charge in [0.05, 0.1) is 12.7 Å². The van der Waals surface area contributed by atoms with Crippen LogP contribution >= 0.6 is 0 Å². The lowest BCUT2D eigenvalue weighted by Gasteiger charge is -2.14. The van der Waals surface area contributed by atoms with Crippen LogP contribution in [0.15, 0.2) is 24.3 Å². The molecule has 3 heteroatoms. The van der Waals surface area contributed by atoms with Crippen molar-refractivity contribution in [2.24, 2.45) is 0 Å². The van der Waals surface area contributed by atoms with Crippen LogP contribution in [0.2, 0.25) is 0 Å². The predicted molar refractivity (Wildman–Crippen MR) is 62.1 cm³/mol. The molecule has 3 nitrogen and oxygen atoms in total. The van der Waals surface area contributed by atoms with Crippen LogP contribution in [0, 0.1) is 0 Å². The summed E-state index contributed by atoms with van der Waals surface area (Å²) in [5.41, 5.74) is 2.28. The Labute approximate surface area is 91.4 Å². The van der Waals surface area contributed by atoms with E-state index in [1.54, 1.807) is 14.2 Å². The van der Waals surface area contributed by atoms with Gasteiger partial charge in [-0.25, -0.2) is 0 Å². The van der Waals surface area contributed by atoms with E-state index in [1.807, 2.05) is 19.1 Å². The zero-order valence-electron chi connectivity index (χ0n) is 9.62. The highest BCUT2D eigenvalue weighted by Crippen LogP contribution is 2.15. The molecule has 1 aromatic carbocycles. The minimum absolute atomic E-state index is 0.209. The second-order valence-corrected chi connectivity index (χ2v) is 3.52. The van der Waals surface area contributed by atoms with E-state index in [2.05, 4.69) is 17.4 Å². The first-order valence-electron chi connectivity index (χ1n) is 5.11. The summed E-state index contributed by atoms with van der Waals surface area (Å²) in [4.78, 5) is 0. The number of nitrogens with one attached hydrogen (secondary N) is 1. The maximum atomic E-state index is 5.18. The zero-order valence-corrected chi connectivity index (χ0v) is 9.62. The molecule has 1 rings (SSSR count). The van der Waals surface area contributed by atoms with Crippen molar-refractivity contribution >= 4 is 5.69 Å². The van der Waals surface area contributed by atoms with Gasteiger partial charge in [0.1, 0.15) is 0 Å². The summed E-state index contributed by atoms with van der Waals surface area (Å²) in [5.74, 6) is 0. The molecular weight excluding hydrogens is 190 g/mol. The summed E-state index contributed by atoms with van der Waals surface area (Å²) >= 11 is 0. The van der Waals surface area contributed by atoms with Crippen molar-refractivity contribution < 1.29 is 9.47 Å². The van der Waals surface area contributed by atoms with Crippen molar-refractivity contribution in [1.29, 1.82) is 0 Å². The Morgan fingerprint density at radius 2 is 2.00 bits per heavy atom. The van der Waals surface area contributed by atoms with Crippen molar-refractivity contribution in [1.82, 2.24) is 0 Å². The summed E-state index contributed by atoms with van der Waals surface area (Å²) < 4.78 is 10.3. The number of hydrogen-bond acceptors (Lipinski definition) is 3. The number of hydrogen-bond donors (Lipinski definition) is 1. The van der Waals surface area contributed by atoms with Gasteiger partial charge in [-0.15, -0.1) is 0 Å². The first kappa shape index (κ1) is 12.0. The quantitative estimate of drug-likeness (QED) is 0.779. The highest BCUT2D eigenvalue weighted by Gasteiger charge is 2.03. The molecule has 1 unspecified atom stereocenters. The van der Waals surface area contributed by atoms with Gasteiger partial charge in [0.2, 0.25) is 0 Å². The Hall–Kier alpha value is -1.06. The van der Waals surface area contributed by atoms with E-state index in [-0.39, 0.29) is 6.10 Å². The number of anilines is 1. The topological polar surface area (TPSA) is 30.5 Å². The molecule has 0 aliphatic rings. The predicted octanol–water partition coefficient (Wildman–Crippen LogP) is 2.28. The molecule has 0 bridgehead atoms. The summed E-state index contributed by atoms with van der Waals surface area (Å²) in [6.07, 6.45) is 0.209. The van der Waals surface area contributed by atoms with Crippen LogP contribution in [-0.2, 0) is 16.1 Å². The van der Waals surface area contributed by atoms with Gasteiger partial charge in [0.25, 0.3) is 0 Å². The van der Waals surface area contributed by atoms with Crippen molar-refractivity contribution in [3.8, 4) is 0 Å². The lowest BCUT2D eigenvalue weighted by Crippen LogP contribution is -2.18. The third kappa shape index (κ3) is 3.90. The average Bonchev–Trinajstić information content (AvgIpc) is 2.28. The number of ether oxygens (including phenoxy) is 2. The third-order valence-electron chi connectivity index (χ3n) is 2.30. The fraction of sp³-hybridized carbons (Fsp3) is 0.500. The molecule has 0 aromatic heterocycles. The Morgan fingerprint density at radius 3 is 2.67 bits per heavy atom. The first-order valence-corrected chi connectivity index (χ1v) is 5.11. The van der Waals surface area contributed by atoms with Gasteiger partial charge in [-0.3, -0.25) is 0 Å². The third-order valence-corrected chi connectivity index (χ3v) is 2.30. The van der Waals surface area contributed by atoms with E-state index in [9.17, 15) is 0 Å². The molecule has 0 aliphatic carbocycles. The number of methoxy groups -OCH3 is 2. The first-order chi connectivity index (χ1) is 7.27. The van der Waals surface area contributed by atoms with Crippen LogP contribution in [0.3, 0.4) is 0 Å². The van der Waals surface area contributed by atoms with Gasteiger partial charge in [0, 0.05) is 32.0 Å². The lowest BCUT2D eigenvalue weighted by molar-refractivity contribution is 0.128. The number of para-hydroxylation sites is 1. The Morgan fingerprint density at radius 1 is 1.27 bits per heavy atom. The molecule has 84 valence electrons. The van der Waals surface area contributed by atoms with E-state index in [0.29, 0.717) is 6.61 Å². The Kier molecular flexibility index (Phi) is 5.15. The van der Waals surface area contributed by atoms with E-state index in [1.165, 1.54) is 5.56 Å². The molecule has 0 saturated carbocycles. The lowest BCUT2D eigenvalue weighted by atomic mass is 10.2. The molecule has 0 heterocycles. The van der Waals surface area contributed by atoms with E-state index in [4.69, 9.17) is 9.47 Å². The highest BCUT2D eigenvalue weighted by atomic mass is 16.5. The van der Waals surface area contributed by atoms with E-state index >= 15 is 0 Å². The summed E-state index contributed by atoms with van der Waals surface area (Å²) in [6, 6.07) is 8.14. The van der Waals surface area contributed by atoms with Crippen molar-refractivity contribution in [3.05, 3.63) is 29.8 Å². The minimum atomic E-state index is 0.209. The van der Waals surface area contributed by atoms with Gasteiger partial charge in [-0.2, -0.15) is 0 Å². The van der Waals surface area contributed by atoms with Crippen LogP contribution in [0.25, 0.3) is 0 Å². The average molecular weight is 209 g/mol. The van der Waals surface area contributed by atoms with Crippen LogP contribution < -0.4 is 5.32 Å². The second kappa shape index (κ2) is 6.43. The minimum Gasteiger partial charge on any atom is -0.382 e. The maximum absolute atomic E-state index is 5.18. The molecule has 0 amide bonds. The zero-order chi connectivity index (χ0) is 11.1. The molecule has 0 fully saturated rings. The normalized spacial score (nSPS) is 12.5. The second-order valence-electron chi connectivity index (χ2n) is 3.52. The van der Waals surface area contributed by atoms with Crippen molar-refractivity contribution in [2.75, 3.05) is 26.1 Å². The summed E-state index contributed by atoms with van der Waals surface area (Å²) in [7, 11) is 3.42. The summed E-state index contributed by atoms with van der Waals surface area (Å²) in [6.45, 7) is 3.47. The largest absolute Gasteiger partial charge is 0.382 e. The fourth-order valence-corrected chi connectivity index (χ4v) is 1.31. The molecule has 1 aromatic rings. The highest BCUT2D eigenvalue weighted by molar-refractivity contribution is 5.50. The molecule has 15 heavy (non-hydrogen) atoms. The van der Waals surface area contributed by atoms with E-state index in [0.717, 1.165) is 12.2 Å².